The number of hydrogen-bond acceptors (Lipinski definition) is 5. The Hall–Kier alpha value is -3.16. The first-order valence-electron chi connectivity index (χ1n) is 5.21. The number of rotatable bonds is 4. The van der Waals surface area contributed by atoms with E-state index in [1.165, 1.54) is 18.2 Å². The number of aliphatic hydroxyl groups excluding tert-OH is 1. The third-order valence-corrected chi connectivity index (χ3v) is 2.40. The highest BCUT2D eigenvalue weighted by Gasteiger charge is 2.20. The Kier molecular flexibility index (Phi) is 4.57. The molecule has 1 aromatic carbocycles. The molecule has 1 unspecified atom stereocenters. The van der Waals surface area contributed by atoms with Crippen LogP contribution in [0.4, 0.5) is 0 Å². The van der Waals surface area contributed by atoms with Gasteiger partial charge in [0.05, 0.1) is 28.8 Å². The van der Waals surface area contributed by atoms with Crippen LogP contribution >= 0.6 is 0 Å². The van der Waals surface area contributed by atoms with Crippen LogP contribution in [-0.2, 0) is 0 Å². The minimum atomic E-state index is -1.71. The average molecular weight is 272 g/mol. The summed E-state index contributed by atoms with van der Waals surface area (Å²) < 4.78 is 0. The van der Waals surface area contributed by atoms with Gasteiger partial charge in [0.15, 0.2) is 6.10 Å². The minimum absolute atomic E-state index is 0.0803. The van der Waals surface area contributed by atoms with Gasteiger partial charge in [-0.05, 0) is 17.7 Å². The van der Waals surface area contributed by atoms with Gasteiger partial charge >= 0.3 is 11.9 Å². The fraction of sp³-hybridized carbons (Fsp3) is 0.0769. The van der Waals surface area contributed by atoms with E-state index in [0.29, 0.717) is 0 Å². The molecule has 1 atom stereocenters. The predicted molar refractivity (Wildman–Crippen MR) is 65.6 cm³/mol. The molecule has 0 saturated heterocycles. The molecular weight excluding hydrogens is 264 g/mol. The van der Waals surface area contributed by atoms with Gasteiger partial charge in [0.1, 0.15) is 0 Å². The van der Waals surface area contributed by atoms with Crippen LogP contribution in [0.1, 0.15) is 26.3 Å². The molecule has 0 aliphatic carbocycles. The summed E-state index contributed by atoms with van der Waals surface area (Å²) in [4.78, 5) is 22.1. The highest BCUT2D eigenvalue weighted by atomic mass is 16.4. The maximum atomic E-state index is 11.2. The topological polar surface area (TPSA) is 142 Å². The number of aliphatic hydroxyl groups is 1. The van der Waals surface area contributed by atoms with Gasteiger partial charge < -0.3 is 15.3 Å². The largest absolute Gasteiger partial charge is 0.478 e. The van der Waals surface area contributed by atoms with Crippen LogP contribution in [-0.4, -0.2) is 33.4 Å². The first kappa shape index (κ1) is 14.9. The van der Waals surface area contributed by atoms with E-state index in [1.807, 2.05) is 0 Å². The SMILES string of the molecule is N#CC(=Cc1cccc(C(=O)O)c1C(=O)O)C(O)C#N. The van der Waals surface area contributed by atoms with Gasteiger partial charge in [0.25, 0.3) is 0 Å². The number of carboxylic acids is 2. The quantitative estimate of drug-likeness (QED) is 0.545. The molecule has 0 radical (unpaired) electrons. The third kappa shape index (κ3) is 2.99. The first-order valence-corrected chi connectivity index (χ1v) is 5.21. The van der Waals surface area contributed by atoms with Crippen LogP contribution in [0.5, 0.6) is 0 Å². The Morgan fingerprint density at radius 1 is 1.20 bits per heavy atom. The molecule has 20 heavy (non-hydrogen) atoms. The lowest BCUT2D eigenvalue weighted by Gasteiger charge is -2.06. The summed E-state index contributed by atoms with van der Waals surface area (Å²) in [6.45, 7) is 0. The number of aromatic carboxylic acids is 2. The van der Waals surface area contributed by atoms with Gasteiger partial charge in [-0.3, -0.25) is 0 Å². The standard InChI is InChI=1S/C13H8N2O5/c14-5-8(10(16)6-15)4-7-2-1-3-9(12(17)18)11(7)13(19)20/h1-4,10,16H,(H,17,18)(H,19,20). The van der Waals surface area contributed by atoms with Crippen molar-refractivity contribution in [3.8, 4) is 12.1 Å². The molecule has 0 spiro atoms. The molecule has 7 heteroatoms. The zero-order chi connectivity index (χ0) is 15.3. The normalized spacial score (nSPS) is 12.1. The van der Waals surface area contributed by atoms with E-state index < -0.39 is 29.2 Å². The Bertz CT molecular complexity index is 679. The second-order valence-corrected chi connectivity index (χ2v) is 3.62. The molecule has 1 aromatic rings. The van der Waals surface area contributed by atoms with Crippen molar-refractivity contribution in [1.82, 2.24) is 0 Å². The summed E-state index contributed by atoms with van der Waals surface area (Å²) >= 11 is 0. The molecule has 0 aliphatic rings. The van der Waals surface area contributed by atoms with Crippen LogP contribution in [0.2, 0.25) is 0 Å². The molecule has 0 aliphatic heterocycles. The third-order valence-electron chi connectivity index (χ3n) is 2.40. The molecular formula is C13H8N2O5. The number of carbonyl (C=O) groups is 2. The smallest absolute Gasteiger partial charge is 0.337 e. The zero-order valence-electron chi connectivity index (χ0n) is 9.94. The highest BCUT2D eigenvalue weighted by Crippen LogP contribution is 2.19. The summed E-state index contributed by atoms with van der Waals surface area (Å²) in [5.41, 5.74) is -1.42. The van der Waals surface area contributed by atoms with Crippen LogP contribution in [0.3, 0.4) is 0 Å². The number of nitrogens with zero attached hydrogens (tertiary/aromatic N) is 2. The minimum Gasteiger partial charge on any atom is -0.478 e. The van der Waals surface area contributed by atoms with Crippen molar-refractivity contribution in [1.29, 1.82) is 10.5 Å². The van der Waals surface area contributed by atoms with Crippen molar-refractivity contribution >= 4 is 18.0 Å². The summed E-state index contributed by atoms with van der Waals surface area (Å²) in [6.07, 6.45) is -0.737. The van der Waals surface area contributed by atoms with Crippen LogP contribution in [0, 0.1) is 22.7 Å². The van der Waals surface area contributed by atoms with Crippen LogP contribution in [0.25, 0.3) is 6.08 Å². The van der Waals surface area contributed by atoms with Crippen molar-refractivity contribution in [2.45, 2.75) is 6.10 Å². The molecule has 0 heterocycles. The molecule has 100 valence electrons. The number of benzene rings is 1. The maximum Gasteiger partial charge on any atom is 0.337 e. The van der Waals surface area contributed by atoms with Crippen molar-refractivity contribution < 1.29 is 24.9 Å². The van der Waals surface area contributed by atoms with Crippen molar-refractivity contribution in [3.05, 3.63) is 40.5 Å². The second kappa shape index (κ2) is 6.14. The monoisotopic (exact) mass is 272 g/mol. The van der Waals surface area contributed by atoms with Crippen molar-refractivity contribution in [2.75, 3.05) is 0 Å². The molecule has 0 amide bonds. The summed E-state index contributed by atoms with van der Waals surface area (Å²) in [5, 5.41) is 44.6. The fourth-order valence-electron chi connectivity index (χ4n) is 1.52. The molecule has 3 N–H and O–H groups in total. The van der Waals surface area contributed by atoms with E-state index in [9.17, 15) is 14.7 Å². The van der Waals surface area contributed by atoms with Crippen LogP contribution < -0.4 is 0 Å². The molecule has 7 nitrogen and oxygen atoms in total. The second-order valence-electron chi connectivity index (χ2n) is 3.62. The Morgan fingerprint density at radius 3 is 2.30 bits per heavy atom. The van der Waals surface area contributed by atoms with E-state index in [0.717, 1.165) is 12.1 Å². The molecule has 0 aromatic heterocycles. The average Bonchev–Trinajstić information content (AvgIpc) is 2.43. The van der Waals surface area contributed by atoms with E-state index in [2.05, 4.69) is 0 Å². The van der Waals surface area contributed by atoms with Gasteiger partial charge in [-0.25, -0.2) is 9.59 Å². The lowest BCUT2D eigenvalue weighted by molar-refractivity contribution is 0.0651. The van der Waals surface area contributed by atoms with E-state index >= 15 is 0 Å². The van der Waals surface area contributed by atoms with Gasteiger partial charge in [-0.2, -0.15) is 10.5 Å². The molecule has 0 bridgehead atoms. The molecule has 0 fully saturated rings. The van der Waals surface area contributed by atoms with Gasteiger partial charge in [0.2, 0.25) is 0 Å². The Morgan fingerprint density at radius 2 is 1.85 bits per heavy atom. The summed E-state index contributed by atoms with van der Waals surface area (Å²) in [7, 11) is 0. The van der Waals surface area contributed by atoms with Gasteiger partial charge in [-0.15, -0.1) is 0 Å². The van der Waals surface area contributed by atoms with E-state index in [1.54, 1.807) is 6.07 Å². The number of nitriles is 2. The lowest BCUT2D eigenvalue weighted by atomic mass is 9.98. The fourth-order valence-corrected chi connectivity index (χ4v) is 1.52. The first-order chi connectivity index (χ1) is 9.42. The van der Waals surface area contributed by atoms with E-state index in [4.69, 9.17) is 20.7 Å². The number of hydrogen-bond donors (Lipinski definition) is 3. The zero-order valence-corrected chi connectivity index (χ0v) is 9.94. The summed E-state index contributed by atoms with van der Waals surface area (Å²) in [6, 6.07) is 6.67. The van der Waals surface area contributed by atoms with Gasteiger partial charge in [0, 0.05) is 0 Å². The molecule has 0 saturated carbocycles. The maximum absolute atomic E-state index is 11.2. The predicted octanol–water partition coefficient (Wildman–Crippen LogP) is 0.874. The summed E-state index contributed by atoms with van der Waals surface area (Å²) in [5.74, 6) is -2.92. The highest BCUT2D eigenvalue weighted by molar-refractivity contribution is 6.04. The van der Waals surface area contributed by atoms with Crippen LogP contribution in [0.15, 0.2) is 23.8 Å². The van der Waals surface area contributed by atoms with E-state index in [-0.39, 0.29) is 11.1 Å². The Balaban J connectivity index is 3.55. The molecule has 1 rings (SSSR count). The van der Waals surface area contributed by atoms with Crippen molar-refractivity contribution in [2.24, 2.45) is 0 Å². The lowest BCUT2D eigenvalue weighted by Crippen LogP contribution is -2.11. The Labute approximate surface area is 113 Å². The van der Waals surface area contributed by atoms with Gasteiger partial charge in [-0.1, -0.05) is 12.1 Å². The van der Waals surface area contributed by atoms with Crippen molar-refractivity contribution in [3.63, 3.8) is 0 Å². The number of carboxylic acid groups (broad SMARTS) is 2.